The molecule has 2 aromatic rings. The number of carbonyl (C=O) groups excluding carboxylic acids is 1. The number of hydrogen-bond donors (Lipinski definition) is 3. The topological polar surface area (TPSA) is 121 Å². The van der Waals surface area contributed by atoms with Gasteiger partial charge in [0, 0.05) is 24.6 Å². The molecule has 1 unspecified atom stereocenters. The molecule has 0 spiro atoms. The molecule has 0 radical (unpaired) electrons. The maximum Gasteiger partial charge on any atom is 0.256 e. The van der Waals surface area contributed by atoms with Gasteiger partial charge in [0.25, 0.3) is 5.91 Å². The fourth-order valence-corrected chi connectivity index (χ4v) is 3.32. The molecule has 21 heavy (non-hydrogen) atoms. The number of carbonyl (C=O) groups is 1. The average molecular weight is 306 g/mol. The van der Waals surface area contributed by atoms with Crippen LogP contribution in [0.15, 0.2) is 23.8 Å². The highest BCUT2D eigenvalue weighted by Crippen LogP contribution is 2.33. The van der Waals surface area contributed by atoms with Crippen molar-refractivity contribution < 1.29 is 9.90 Å². The molecule has 0 fully saturated rings. The zero-order valence-electron chi connectivity index (χ0n) is 11.1. The zero-order valence-corrected chi connectivity index (χ0v) is 11.9. The Morgan fingerprint density at radius 1 is 1.52 bits per heavy atom. The number of nitrogens with one attached hydrogen (secondary N) is 1. The number of thioether (sulfide) groups is 1. The predicted octanol–water partition coefficient (Wildman–Crippen LogP) is -0.0162. The van der Waals surface area contributed by atoms with E-state index in [0.29, 0.717) is 34.9 Å². The third-order valence-electron chi connectivity index (χ3n) is 3.14. The van der Waals surface area contributed by atoms with Gasteiger partial charge in [-0.1, -0.05) is 0 Å². The Balaban J connectivity index is 2.01. The molecule has 8 nitrogen and oxygen atoms in total. The summed E-state index contributed by atoms with van der Waals surface area (Å²) in [6, 6.07) is 0. The smallest absolute Gasteiger partial charge is 0.256 e. The van der Waals surface area contributed by atoms with E-state index in [-0.39, 0.29) is 11.9 Å². The first-order chi connectivity index (χ1) is 10.2. The number of fused-ring (bicyclic) bond motifs is 1. The third kappa shape index (κ3) is 2.69. The van der Waals surface area contributed by atoms with E-state index in [0.717, 1.165) is 0 Å². The van der Waals surface area contributed by atoms with Crippen LogP contribution in [-0.4, -0.2) is 49.4 Å². The lowest BCUT2D eigenvalue weighted by atomic mass is 10.2. The second-order valence-electron chi connectivity index (χ2n) is 4.56. The van der Waals surface area contributed by atoms with Gasteiger partial charge in [-0.25, -0.2) is 15.0 Å². The summed E-state index contributed by atoms with van der Waals surface area (Å²) in [7, 11) is 0. The zero-order chi connectivity index (χ0) is 14.8. The summed E-state index contributed by atoms with van der Waals surface area (Å²) in [6.45, 7) is 0.675. The van der Waals surface area contributed by atoms with Crippen LogP contribution in [0.25, 0.3) is 11.2 Å². The maximum absolute atomic E-state index is 11.5. The number of imidazole rings is 1. The van der Waals surface area contributed by atoms with E-state index < -0.39 is 5.91 Å². The first kappa shape index (κ1) is 13.8. The lowest BCUT2D eigenvalue weighted by Gasteiger charge is -2.30. The molecule has 0 aromatic carbocycles. The summed E-state index contributed by atoms with van der Waals surface area (Å²) in [6.07, 6.45) is 5.23. The first-order valence-electron chi connectivity index (χ1n) is 6.39. The van der Waals surface area contributed by atoms with E-state index in [2.05, 4.69) is 19.9 Å². The Labute approximate surface area is 124 Å². The van der Waals surface area contributed by atoms with Gasteiger partial charge in [0.1, 0.15) is 11.8 Å². The number of nitrogens with zero attached hydrogens (tertiary/aromatic N) is 4. The van der Waals surface area contributed by atoms with Crippen LogP contribution in [-0.2, 0) is 4.79 Å². The number of hydrogen-bond acceptors (Lipinski definition) is 7. The van der Waals surface area contributed by atoms with Crippen molar-refractivity contribution >= 4 is 34.7 Å². The number of rotatable bonds is 4. The normalized spacial score (nSPS) is 18.8. The van der Waals surface area contributed by atoms with E-state index in [1.807, 2.05) is 4.90 Å². The summed E-state index contributed by atoms with van der Waals surface area (Å²) in [5, 5.41) is 9.19. The Hall–Kier alpha value is -2.13. The second-order valence-corrected chi connectivity index (χ2v) is 5.90. The molecule has 9 heteroatoms. The van der Waals surface area contributed by atoms with Crippen molar-refractivity contribution in [3.63, 3.8) is 0 Å². The highest BCUT2D eigenvalue weighted by molar-refractivity contribution is 8.04. The summed E-state index contributed by atoms with van der Waals surface area (Å²) in [4.78, 5) is 29.2. The number of aromatic nitrogens is 4. The molecule has 3 heterocycles. The van der Waals surface area contributed by atoms with Crippen molar-refractivity contribution in [3.8, 4) is 0 Å². The Bertz CT molecular complexity index is 700. The van der Waals surface area contributed by atoms with E-state index in [9.17, 15) is 4.79 Å². The highest BCUT2D eigenvalue weighted by Gasteiger charge is 2.26. The number of aromatic amines is 1. The minimum absolute atomic E-state index is 0.0563. The summed E-state index contributed by atoms with van der Waals surface area (Å²) < 4.78 is 0. The standard InChI is InChI=1S/C12H14N6O2S/c13-10(20)8-4-18(3-7(21-8)1-2-19)12-9-11(15-5-14-9)16-6-17-12/h4-7,19H,1-3H2,(H2,13,20)(H,14,15,16,17). The van der Waals surface area contributed by atoms with Crippen LogP contribution in [0.1, 0.15) is 6.42 Å². The minimum Gasteiger partial charge on any atom is -0.396 e. The second kappa shape index (κ2) is 5.70. The number of aliphatic hydroxyl groups is 1. The first-order valence-corrected chi connectivity index (χ1v) is 7.27. The number of aliphatic hydroxyl groups excluding tert-OH is 1. The van der Waals surface area contributed by atoms with Gasteiger partial charge in [-0.15, -0.1) is 11.8 Å². The fourth-order valence-electron chi connectivity index (χ4n) is 2.19. The van der Waals surface area contributed by atoms with Crippen molar-refractivity contribution in [2.24, 2.45) is 5.73 Å². The van der Waals surface area contributed by atoms with Crippen LogP contribution < -0.4 is 10.6 Å². The Morgan fingerprint density at radius 3 is 3.14 bits per heavy atom. The van der Waals surface area contributed by atoms with Gasteiger partial charge in [-0.3, -0.25) is 4.79 Å². The van der Waals surface area contributed by atoms with Crippen molar-refractivity contribution in [3.05, 3.63) is 23.8 Å². The van der Waals surface area contributed by atoms with E-state index in [1.54, 1.807) is 12.5 Å². The molecular weight excluding hydrogens is 292 g/mol. The SMILES string of the molecule is NC(=O)C1=CN(c2ncnc3nc[nH]c23)CC(CCO)S1. The van der Waals surface area contributed by atoms with Crippen molar-refractivity contribution in [2.45, 2.75) is 11.7 Å². The molecule has 1 amide bonds. The number of anilines is 1. The minimum atomic E-state index is -0.484. The largest absolute Gasteiger partial charge is 0.396 e. The summed E-state index contributed by atoms with van der Waals surface area (Å²) in [5.41, 5.74) is 6.65. The van der Waals surface area contributed by atoms with Crippen LogP contribution in [0.3, 0.4) is 0 Å². The molecule has 1 aliphatic heterocycles. The predicted molar refractivity (Wildman–Crippen MR) is 79.4 cm³/mol. The van der Waals surface area contributed by atoms with Gasteiger partial charge in [0.05, 0.1) is 11.2 Å². The van der Waals surface area contributed by atoms with Crippen LogP contribution in [0.2, 0.25) is 0 Å². The molecule has 0 saturated heterocycles. The highest BCUT2D eigenvalue weighted by atomic mass is 32.2. The van der Waals surface area contributed by atoms with Gasteiger partial charge >= 0.3 is 0 Å². The van der Waals surface area contributed by atoms with Crippen LogP contribution in [0.4, 0.5) is 5.82 Å². The summed E-state index contributed by atoms with van der Waals surface area (Å²) >= 11 is 1.39. The van der Waals surface area contributed by atoms with Crippen LogP contribution >= 0.6 is 11.8 Å². The molecule has 0 saturated carbocycles. The molecule has 1 aliphatic rings. The van der Waals surface area contributed by atoms with Crippen LogP contribution in [0.5, 0.6) is 0 Å². The third-order valence-corrected chi connectivity index (χ3v) is 4.41. The van der Waals surface area contributed by atoms with Crippen molar-refractivity contribution in [1.29, 1.82) is 0 Å². The van der Waals surface area contributed by atoms with E-state index >= 15 is 0 Å². The molecule has 2 aromatic heterocycles. The van der Waals surface area contributed by atoms with E-state index in [1.165, 1.54) is 18.1 Å². The van der Waals surface area contributed by atoms with Crippen molar-refractivity contribution in [1.82, 2.24) is 19.9 Å². The van der Waals surface area contributed by atoms with Gasteiger partial charge < -0.3 is 20.7 Å². The molecular formula is C12H14N6O2S. The Morgan fingerprint density at radius 2 is 2.38 bits per heavy atom. The lowest BCUT2D eigenvalue weighted by molar-refractivity contribution is -0.113. The van der Waals surface area contributed by atoms with Gasteiger partial charge in [-0.05, 0) is 6.42 Å². The molecule has 0 aliphatic carbocycles. The molecule has 3 rings (SSSR count). The van der Waals surface area contributed by atoms with Crippen LogP contribution in [0, 0.1) is 0 Å². The fraction of sp³-hybridized carbons (Fsp3) is 0.333. The van der Waals surface area contributed by atoms with Gasteiger partial charge in [0.2, 0.25) is 0 Å². The van der Waals surface area contributed by atoms with Gasteiger partial charge in [-0.2, -0.15) is 0 Å². The Kier molecular flexibility index (Phi) is 3.76. The number of primary amides is 1. The number of nitrogens with two attached hydrogens (primary N) is 1. The molecule has 4 N–H and O–H groups in total. The monoisotopic (exact) mass is 306 g/mol. The number of H-pyrrole nitrogens is 1. The quantitative estimate of drug-likeness (QED) is 0.726. The molecule has 1 atom stereocenters. The van der Waals surface area contributed by atoms with Gasteiger partial charge in [0.15, 0.2) is 11.5 Å². The molecule has 110 valence electrons. The van der Waals surface area contributed by atoms with Crippen molar-refractivity contribution in [2.75, 3.05) is 18.1 Å². The summed E-state index contributed by atoms with van der Waals surface area (Å²) in [5.74, 6) is 0.155. The lowest BCUT2D eigenvalue weighted by Crippen LogP contribution is -2.34. The molecule has 0 bridgehead atoms. The maximum atomic E-state index is 11.5. The average Bonchev–Trinajstić information content (AvgIpc) is 2.95. The number of amides is 1. The van der Waals surface area contributed by atoms with E-state index in [4.69, 9.17) is 10.8 Å².